The number of amides is 1. The second-order valence-corrected chi connectivity index (χ2v) is 10.3. The number of nitrogens with one attached hydrogen (secondary N) is 2. The number of anilines is 1. The summed E-state index contributed by atoms with van der Waals surface area (Å²) in [4.78, 5) is 11.7. The van der Waals surface area contributed by atoms with Crippen LogP contribution in [0.5, 0.6) is 0 Å². The summed E-state index contributed by atoms with van der Waals surface area (Å²) >= 11 is 3.76. The van der Waals surface area contributed by atoms with E-state index in [1.807, 2.05) is 41.7 Å². The predicted molar refractivity (Wildman–Crippen MR) is 109 cm³/mol. The van der Waals surface area contributed by atoms with Crippen LogP contribution < -0.4 is 10.0 Å². The molecular formula is C18H19FN2O3S3. The van der Waals surface area contributed by atoms with Crippen LogP contribution in [0.1, 0.15) is 16.6 Å². The lowest BCUT2D eigenvalue weighted by atomic mass is 10.2. The van der Waals surface area contributed by atoms with Gasteiger partial charge in [0.15, 0.2) is 0 Å². The maximum Gasteiger partial charge on any atom is 0.243 e. The third-order valence-electron chi connectivity index (χ3n) is 3.83. The highest BCUT2D eigenvalue weighted by Crippen LogP contribution is 2.45. The Morgan fingerprint density at radius 1 is 1.11 bits per heavy atom. The van der Waals surface area contributed by atoms with Crippen molar-refractivity contribution in [3.8, 4) is 0 Å². The van der Waals surface area contributed by atoms with E-state index in [0.717, 1.165) is 23.1 Å². The SMILES string of the molecule is O=C(CCNS(=O)(=O)c1ccccc1F)Nc1cccc(C2SCCS2)c1. The molecule has 0 radical (unpaired) electrons. The Balaban J connectivity index is 1.53. The van der Waals surface area contributed by atoms with Gasteiger partial charge in [0.05, 0.1) is 4.58 Å². The molecule has 5 nitrogen and oxygen atoms in total. The van der Waals surface area contributed by atoms with E-state index in [0.29, 0.717) is 10.3 Å². The Labute approximate surface area is 166 Å². The van der Waals surface area contributed by atoms with Crippen LogP contribution in [-0.2, 0) is 14.8 Å². The van der Waals surface area contributed by atoms with Crippen molar-refractivity contribution < 1.29 is 17.6 Å². The number of carbonyl (C=O) groups is 1. The lowest BCUT2D eigenvalue weighted by Gasteiger charge is -2.11. The summed E-state index contributed by atoms with van der Waals surface area (Å²) in [6, 6.07) is 12.8. The number of thioether (sulfide) groups is 2. The molecule has 2 N–H and O–H groups in total. The molecule has 0 spiro atoms. The third kappa shape index (κ3) is 5.47. The summed E-state index contributed by atoms with van der Waals surface area (Å²) in [6.45, 7) is -0.115. The molecule has 0 aromatic heterocycles. The molecule has 1 amide bonds. The zero-order chi connectivity index (χ0) is 19.3. The minimum Gasteiger partial charge on any atom is -0.326 e. The molecule has 1 aliphatic heterocycles. The quantitative estimate of drug-likeness (QED) is 0.707. The zero-order valence-electron chi connectivity index (χ0n) is 14.4. The third-order valence-corrected chi connectivity index (χ3v) is 8.43. The van der Waals surface area contributed by atoms with Crippen molar-refractivity contribution in [3.63, 3.8) is 0 Å². The lowest BCUT2D eigenvalue weighted by molar-refractivity contribution is -0.116. The monoisotopic (exact) mass is 426 g/mol. The van der Waals surface area contributed by atoms with Gasteiger partial charge in [-0.1, -0.05) is 24.3 Å². The Bertz CT molecular complexity index is 916. The van der Waals surface area contributed by atoms with E-state index in [4.69, 9.17) is 0 Å². The maximum atomic E-state index is 13.6. The first-order valence-corrected chi connectivity index (χ1v) is 11.9. The summed E-state index contributed by atoms with van der Waals surface area (Å²) in [5.41, 5.74) is 1.84. The highest BCUT2D eigenvalue weighted by molar-refractivity contribution is 8.19. The van der Waals surface area contributed by atoms with E-state index >= 15 is 0 Å². The molecule has 144 valence electrons. The van der Waals surface area contributed by atoms with Crippen molar-refractivity contribution >= 4 is 45.1 Å². The highest BCUT2D eigenvalue weighted by Gasteiger charge is 2.19. The first-order valence-electron chi connectivity index (χ1n) is 8.33. The van der Waals surface area contributed by atoms with E-state index in [1.54, 1.807) is 6.07 Å². The van der Waals surface area contributed by atoms with Gasteiger partial charge in [0.2, 0.25) is 15.9 Å². The van der Waals surface area contributed by atoms with Gasteiger partial charge in [-0.25, -0.2) is 17.5 Å². The van der Waals surface area contributed by atoms with Gasteiger partial charge in [-0.3, -0.25) is 4.79 Å². The lowest BCUT2D eigenvalue weighted by Crippen LogP contribution is -2.28. The fourth-order valence-corrected chi connectivity index (χ4v) is 6.52. The van der Waals surface area contributed by atoms with E-state index < -0.39 is 20.7 Å². The molecule has 2 aromatic rings. The van der Waals surface area contributed by atoms with Gasteiger partial charge in [-0.15, -0.1) is 23.5 Å². The van der Waals surface area contributed by atoms with Crippen molar-refractivity contribution in [1.29, 1.82) is 0 Å². The van der Waals surface area contributed by atoms with Gasteiger partial charge in [-0.2, -0.15) is 0 Å². The molecule has 1 fully saturated rings. The minimum atomic E-state index is -3.99. The van der Waals surface area contributed by atoms with Crippen LogP contribution in [-0.4, -0.2) is 32.4 Å². The molecule has 0 atom stereocenters. The van der Waals surface area contributed by atoms with Gasteiger partial charge in [-0.05, 0) is 29.8 Å². The van der Waals surface area contributed by atoms with E-state index in [-0.39, 0.29) is 18.9 Å². The summed E-state index contributed by atoms with van der Waals surface area (Å²) in [6.07, 6.45) is -0.0508. The number of benzene rings is 2. The molecule has 9 heteroatoms. The van der Waals surface area contributed by atoms with Crippen molar-refractivity contribution in [2.45, 2.75) is 15.9 Å². The normalized spacial score (nSPS) is 15.0. The van der Waals surface area contributed by atoms with Crippen molar-refractivity contribution in [2.24, 2.45) is 0 Å². The van der Waals surface area contributed by atoms with Gasteiger partial charge in [0.25, 0.3) is 0 Å². The first kappa shape index (κ1) is 20.2. The second kappa shape index (κ2) is 9.09. The number of carbonyl (C=O) groups excluding carboxylic acids is 1. The molecule has 0 aliphatic carbocycles. The van der Waals surface area contributed by atoms with E-state index in [1.165, 1.54) is 18.2 Å². The van der Waals surface area contributed by atoms with Crippen molar-refractivity contribution in [3.05, 3.63) is 59.9 Å². The largest absolute Gasteiger partial charge is 0.326 e. The van der Waals surface area contributed by atoms with Crippen LogP contribution in [0, 0.1) is 5.82 Å². The number of sulfonamides is 1. The number of hydrogen-bond acceptors (Lipinski definition) is 5. The van der Waals surface area contributed by atoms with Gasteiger partial charge in [0.1, 0.15) is 10.7 Å². The number of halogens is 1. The summed E-state index contributed by atoms with van der Waals surface area (Å²) in [5, 5.41) is 2.78. The van der Waals surface area contributed by atoms with Gasteiger partial charge < -0.3 is 5.32 Å². The predicted octanol–water partition coefficient (Wildman–Crippen LogP) is 3.61. The number of hydrogen-bond donors (Lipinski definition) is 2. The van der Waals surface area contributed by atoms with Crippen LogP contribution in [0.4, 0.5) is 10.1 Å². The fourth-order valence-electron chi connectivity index (χ4n) is 2.58. The molecule has 1 saturated heterocycles. The maximum absolute atomic E-state index is 13.6. The molecule has 0 saturated carbocycles. The van der Waals surface area contributed by atoms with Gasteiger partial charge in [0, 0.05) is 30.2 Å². The Kier molecular flexibility index (Phi) is 6.80. The van der Waals surface area contributed by atoms with Crippen molar-refractivity contribution in [2.75, 3.05) is 23.4 Å². The Hall–Kier alpha value is -1.55. The van der Waals surface area contributed by atoms with E-state index in [2.05, 4.69) is 10.0 Å². The zero-order valence-corrected chi connectivity index (χ0v) is 16.8. The molecular weight excluding hydrogens is 407 g/mol. The molecule has 2 aromatic carbocycles. The van der Waals surface area contributed by atoms with Crippen LogP contribution in [0.3, 0.4) is 0 Å². The van der Waals surface area contributed by atoms with Crippen LogP contribution in [0.2, 0.25) is 0 Å². The van der Waals surface area contributed by atoms with Crippen LogP contribution in [0.15, 0.2) is 53.4 Å². The summed E-state index contributed by atoms with van der Waals surface area (Å²) in [5.74, 6) is 1.10. The topological polar surface area (TPSA) is 75.3 Å². The minimum absolute atomic E-state index is 0.0508. The van der Waals surface area contributed by atoms with Crippen LogP contribution >= 0.6 is 23.5 Å². The average molecular weight is 427 g/mol. The van der Waals surface area contributed by atoms with Crippen molar-refractivity contribution in [1.82, 2.24) is 4.72 Å². The highest BCUT2D eigenvalue weighted by atomic mass is 32.2. The Morgan fingerprint density at radius 2 is 1.85 bits per heavy atom. The summed E-state index contributed by atoms with van der Waals surface area (Å²) in [7, 11) is -3.99. The van der Waals surface area contributed by atoms with E-state index in [9.17, 15) is 17.6 Å². The standard InChI is InChI=1S/C18H19FN2O3S3/c19-15-6-1-2-7-16(15)27(23,24)20-9-8-17(22)21-14-5-3-4-13(12-14)18-25-10-11-26-18/h1-7,12,18,20H,8-11H2,(H,21,22). The van der Waals surface area contributed by atoms with Gasteiger partial charge >= 0.3 is 0 Å². The average Bonchev–Trinajstić information content (AvgIpc) is 3.17. The molecule has 1 heterocycles. The Morgan fingerprint density at radius 3 is 2.59 bits per heavy atom. The fraction of sp³-hybridized carbons (Fsp3) is 0.278. The number of rotatable bonds is 7. The second-order valence-electron chi connectivity index (χ2n) is 5.83. The molecule has 0 bridgehead atoms. The summed E-state index contributed by atoms with van der Waals surface area (Å²) < 4.78 is 40.5. The molecule has 3 rings (SSSR count). The molecule has 0 unspecified atom stereocenters. The molecule has 1 aliphatic rings. The smallest absolute Gasteiger partial charge is 0.243 e. The molecule has 27 heavy (non-hydrogen) atoms. The van der Waals surface area contributed by atoms with Crippen LogP contribution in [0.25, 0.3) is 0 Å². The first-order chi connectivity index (χ1) is 13.0.